The van der Waals surface area contributed by atoms with Crippen LogP contribution in [0.15, 0.2) is 54.6 Å². The number of methoxy groups -OCH3 is 2. The molecule has 2 aliphatic heterocycles. The van der Waals surface area contributed by atoms with Crippen molar-refractivity contribution in [2.24, 2.45) is 0 Å². The Hall–Kier alpha value is -4.38. The lowest BCUT2D eigenvalue weighted by Crippen LogP contribution is -2.52. The maximum absolute atomic E-state index is 13.2. The predicted octanol–water partition coefficient (Wildman–Crippen LogP) is 2.32. The van der Waals surface area contributed by atoms with E-state index in [1.165, 1.54) is 4.90 Å². The molecule has 11 heteroatoms. The van der Waals surface area contributed by atoms with Gasteiger partial charge in [0.05, 0.1) is 19.4 Å². The third kappa shape index (κ3) is 6.04. The highest BCUT2D eigenvalue weighted by atomic mass is 16.7. The number of piperazine rings is 1. The largest absolute Gasteiger partial charge is 0.497 e. The van der Waals surface area contributed by atoms with Crippen molar-refractivity contribution in [2.45, 2.75) is 0 Å². The number of nitrogens with zero attached hydrogens (tertiary/aromatic N) is 5. The number of ether oxygens (including phenoxy) is 4. The second-order valence-corrected chi connectivity index (χ2v) is 9.16. The van der Waals surface area contributed by atoms with Gasteiger partial charge in [0, 0.05) is 51.0 Å². The van der Waals surface area contributed by atoms with E-state index >= 15 is 0 Å². The molecule has 5 rings (SSSR count). The van der Waals surface area contributed by atoms with E-state index in [0.29, 0.717) is 56.4 Å². The summed E-state index contributed by atoms with van der Waals surface area (Å²) in [7, 11) is 3.20. The first-order valence-corrected chi connectivity index (χ1v) is 12.7. The number of benzene rings is 2. The summed E-state index contributed by atoms with van der Waals surface area (Å²) in [5.41, 5.74) is 2.12. The Morgan fingerprint density at radius 2 is 1.77 bits per heavy atom. The second kappa shape index (κ2) is 12.0. The van der Waals surface area contributed by atoms with Crippen molar-refractivity contribution in [2.75, 3.05) is 71.8 Å². The molecule has 1 saturated heterocycles. The van der Waals surface area contributed by atoms with Crippen LogP contribution in [0.4, 0.5) is 5.82 Å². The molecular weight excluding hydrogens is 502 g/mol. The molecule has 2 aliphatic rings. The second-order valence-electron chi connectivity index (χ2n) is 9.16. The Balaban J connectivity index is 1.18. The summed E-state index contributed by atoms with van der Waals surface area (Å²) in [4.78, 5) is 31.8. The van der Waals surface area contributed by atoms with Crippen molar-refractivity contribution in [3.05, 3.63) is 60.2 Å². The van der Waals surface area contributed by atoms with E-state index < -0.39 is 0 Å². The fourth-order valence-corrected chi connectivity index (χ4v) is 4.54. The molecule has 0 radical (unpaired) electrons. The molecule has 2 amide bonds. The van der Waals surface area contributed by atoms with E-state index in [2.05, 4.69) is 15.1 Å². The molecule has 0 spiro atoms. The third-order valence-corrected chi connectivity index (χ3v) is 6.77. The number of carbonyl (C=O) groups is 2. The van der Waals surface area contributed by atoms with Gasteiger partial charge in [0.1, 0.15) is 12.3 Å². The topological polar surface area (TPSA) is 107 Å². The van der Waals surface area contributed by atoms with E-state index in [9.17, 15) is 9.59 Å². The molecule has 0 atom stereocenters. The average molecular weight is 534 g/mol. The van der Waals surface area contributed by atoms with E-state index in [-0.39, 0.29) is 25.2 Å². The summed E-state index contributed by atoms with van der Waals surface area (Å²) >= 11 is 0. The SMILES string of the molecule is COCCN(CC(=O)N1CCN(c2ccc(-c3cccc(OC)c3)nn2)CC1)C(=O)c1ccc2c(c1)OCO2. The van der Waals surface area contributed by atoms with E-state index in [1.807, 2.05) is 36.4 Å². The maximum atomic E-state index is 13.2. The summed E-state index contributed by atoms with van der Waals surface area (Å²) in [6.07, 6.45) is 0. The molecule has 3 aromatic rings. The lowest BCUT2D eigenvalue weighted by atomic mass is 10.1. The van der Waals surface area contributed by atoms with Gasteiger partial charge in [-0.2, -0.15) is 0 Å². The van der Waals surface area contributed by atoms with Crippen molar-refractivity contribution in [1.29, 1.82) is 0 Å². The van der Waals surface area contributed by atoms with Crippen LogP contribution in [0.3, 0.4) is 0 Å². The van der Waals surface area contributed by atoms with Crippen molar-refractivity contribution >= 4 is 17.6 Å². The zero-order valence-corrected chi connectivity index (χ0v) is 22.0. The summed E-state index contributed by atoms with van der Waals surface area (Å²) in [5.74, 6) is 2.27. The molecule has 0 aliphatic carbocycles. The van der Waals surface area contributed by atoms with Gasteiger partial charge in [-0.05, 0) is 42.5 Å². The van der Waals surface area contributed by atoms with Crippen LogP contribution in [0, 0.1) is 0 Å². The molecule has 11 nitrogen and oxygen atoms in total. The highest BCUT2D eigenvalue weighted by Crippen LogP contribution is 2.33. The monoisotopic (exact) mass is 533 g/mol. The minimum Gasteiger partial charge on any atom is -0.497 e. The molecule has 1 fully saturated rings. The Labute approximate surface area is 226 Å². The van der Waals surface area contributed by atoms with Crippen LogP contribution >= 0.6 is 0 Å². The molecule has 0 N–H and O–H groups in total. The van der Waals surface area contributed by atoms with Crippen LogP contribution in [-0.4, -0.2) is 98.7 Å². The number of fused-ring (bicyclic) bond motifs is 1. The first-order valence-electron chi connectivity index (χ1n) is 12.7. The average Bonchev–Trinajstić information content (AvgIpc) is 3.47. The van der Waals surface area contributed by atoms with Gasteiger partial charge >= 0.3 is 0 Å². The molecule has 39 heavy (non-hydrogen) atoms. The lowest BCUT2D eigenvalue weighted by molar-refractivity contribution is -0.132. The Morgan fingerprint density at radius 1 is 0.949 bits per heavy atom. The summed E-state index contributed by atoms with van der Waals surface area (Å²) in [5, 5.41) is 8.80. The van der Waals surface area contributed by atoms with Crippen LogP contribution in [0.2, 0.25) is 0 Å². The highest BCUT2D eigenvalue weighted by Gasteiger charge is 2.27. The third-order valence-electron chi connectivity index (χ3n) is 6.77. The van der Waals surface area contributed by atoms with Gasteiger partial charge in [0.15, 0.2) is 17.3 Å². The van der Waals surface area contributed by atoms with Crippen LogP contribution < -0.4 is 19.1 Å². The van der Waals surface area contributed by atoms with Crippen molar-refractivity contribution < 1.29 is 28.5 Å². The molecule has 2 aromatic carbocycles. The van der Waals surface area contributed by atoms with Crippen LogP contribution in [0.25, 0.3) is 11.3 Å². The molecule has 3 heterocycles. The molecule has 0 saturated carbocycles. The summed E-state index contributed by atoms with van der Waals surface area (Å²) in [6, 6.07) is 16.6. The Morgan fingerprint density at radius 3 is 2.51 bits per heavy atom. The first kappa shape index (κ1) is 26.2. The van der Waals surface area contributed by atoms with Gasteiger partial charge in [-0.15, -0.1) is 10.2 Å². The lowest BCUT2D eigenvalue weighted by Gasteiger charge is -2.36. The number of rotatable bonds is 9. The Bertz CT molecular complexity index is 1310. The zero-order chi connectivity index (χ0) is 27.2. The van der Waals surface area contributed by atoms with Gasteiger partial charge in [0.25, 0.3) is 5.91 Å². The number of aromatic nitrogens is 2. The van der Waals surface area contributed by atoms with Gasteiger partial charge in [-0.25, -0.2) is 0 Å². The summed E-state index contributed by atoms with van der Waals surface area (Å²) in [6.45, 7) is 2.99. The highest BCUT2D eigenvalue weighted by molar-refractivity contribution is 5.97. The van der Waals surface area contributed by atoms with Crippen LogP contribution in [0.5, 0.6) is 17.2 Å². The molecule has 1 aromatic heterocycles. The van der Waals surface area contributed by atoms with E-state index in [4.69, 9.17) is 18.9 Å². The molecule has 0 unspecified atom stereocenters. The zero-order valence-electron chi connectivity index (χ0n) is 22.0. The number of anilines is 1. The maximum Gasteiger partial charge on any atom is 0.254 e. The molecule has 0 bridgehead atoms. The fraction of sp³-hybridized carbons (Fsp3) is 0.357. The van der Waals surface area contributed by atoms with Gasteiger partial charge < -0.3 is 33.6 Å². The minimum atomic E-state index is -0.260. The van der Waals surface area contributed by atoms with Gasteiger partial charge in [-0.3, -0.25) is 9.59 Å². The number of carbonyl (C=O) groups excluding carboxylic acids is 2. The van der Waals surface area contributed by atoms with Gasteiger partial charge in [0.2, 0.25) is 12.7 Å². The number of hydrogen-bond donors (Lipinski definition) is 0. The standard InChI is InChI=1S/C28H31N5O6/c1-36-15-14-33(28(35)21-6-8-24-25(17-21)39-19-38-24)18-27(34)32-12-10-31(11-13-32)26-9-7-23(29-30-26)20-4-3-5-22(16-20)37-2/h3-9,16-17H,10-15,18-19H2,1-2H3. The smallest absolute Gasteiger partial charge is 0.254 e. The predicted molar refractivity (Wildman–Crippen MR) is 143 cm³/mol. The quantitative estimate of drug-likeness (QED) is 0.410. The van der Waals surface area contributed by atoms with Crippen molar-refractivity contribution in [1.82, 2.24) is 20.0 Å². The normalized spacial score (nSPS) is 14.3. The van der Waals surface area contributed by atoms with E-state index in [0.717, 1.165) is 22.8 Å². The van der Waals surface area contributed by atoms with Crippen molar-refractivity contribution in [3.63, 3.8) is 0 Å². The minimum absolute atomic E-state index is 0.0360. The first-order chi connectivity index (χ1) is 19.1. The van der Waals surface area contributed by atoms with Gasteiger partial charge in [-0.1, -0.05) is 12.1 Å². The van der Waals surface area contributed by atoms with Crippen LogP contribution in [0.1, 0.15) is 10.4 Å². The number of amides is 2. The van der Waals surface area contributed by atoms with Crippen LogP contribution in [-0.2, 0) is 9.53 Å². The molecular formula is C28H31N5O6. The Kier molecular flexibility index (Phi) is 8.07. The number of hydrogen-bond acceptors (Lipinski definition) is 9. The van der Waals surface area contributed by atoms with Crippen molar-refractivity contribution in [3.8, 4) is 28.5 Å². The summed E-state index contributed by atoms with van der Waals surface area (Å²) < 4.78 is 21.2. The van der Waals surface area contributed by atoms with E-state index in [1.54, 1.807) is 37.3 Å². The fourth-order valence-electron chi connectivity index (χ4n) is 4.54. The molecule has 204 valence electrons.